The number of hydrogen-bond donors (Lipinski definition) is 3. The molecular formula is C18H17N3O4S2. The van der Waals surface area contributed by atoms with Crippen LogP contribution in [0.3, 0.4) is 0 Å². The van der Waals surface area contributed by atoms with Crippen LogP contribution in [0.4, 0.5) is 5.69 Å². The Morgan fingerprint density at radius 2 is 2.11 bits per heavy atom. The van der Waals surface area contributed by atoms with Crippen molar-refractivity contribution in [1.82, 2.24) is 9.88 Å². The molecule has 27 heavy (non-hydrogen) atoms. The minimum Gasteiger partial charge on any atom is -0.493 e. The Morgan fingerprint density at radius 1 is 1.33 bits per heavy atom. The molecule has 0 unspecified atom stereocenters. The van der Waals surface area contributed by atoms with Crippen molar-refractivity contribution in [2.45, 2.75) is 19.4 Å². The molecule has 140 valence electrons. The van der Waals surface area contributed by atoms with Gasteiger partial charge in [0.15, 0.2) is 3.95 Å². The molecule has 1 aliphatic heterocycles. The van der Waals surface area contributed by atoms with Crippen molar-refractivity contribution in [2.24, 2.45) is 4.99 Å². The lowest BCUT2D eigenvalue weighted by Crippen LogP contribution is -2.29. The van der Waals surface area contributed by atoms with Gasteiger partial charge in [0.25, 0.3) is 0 Å². The monoisotopic (exact) mass is 403 g/mol. The second-order valence-corrected chi connectivity index (χ2v) is 7.53. The van der Waals surface area contributed by atoms with Crippen molar-refractivity contribution in [2.75, 3.05) is 6.54 Å². The quantitative estimate of drug-likeness (QED) is 0.616. The number of nitrogens with zero attached hydrogens (tertiary/aromatic N) is 2. The first-order chi connectivity index (χ1) is 13.0. The molecule has 0 atom stereocenters. The van der Waals surface area contributed by atoms with Gasteiger partial charge in [0.1, 0.15) is 6.54 Å². The highest BCUT2D eigenvalue weighted by atomic mass is 32.1. The molecule has 0 aliphatic carbocycles. The molecule has 2 aromatic rings. The van der Waals surface area contributed by atoms with Gasteiger partial charge in [-0.1, -0.05) is 18.2 Å². The maximum Gasteiger partial charge on any atom is 0.322 e. The zero-order chi connectivity index (χ0) is 19.4. The van der Waals surface area contributed by atoms with Crippen LogP contribution in [-0.2, 0) is 16.1 Å². The fourth-order valence-corrected chi connectivity index (χ4v) is 3.97. The molecule has 0 saturated heterocycles. The number of amides is 1. The van der Waals surface area contributed by atoms with Crippen molar-refractivity contribution in [3.8, 4) is 5.88 Å². The number of benzene rings is 1. The van der Waals surface area contributed by atoms with E-state index in [1.807, 2.05) is 30.3 Å². The summed E-state index contributed by atoms with van der Waals surface area (Å²) in [7, 11) is 0. The molecule has 1 aliphatic rings. The highest BCUT2D eigenvalue weighted by molar-refractivity contribution is 7.73. The van der Waals surface area contributed by atoms with Gasteiger partial charge in [-0.15, -0.1) is 11.3 Å². The van der Waals surface area contributed by atoms with E-state index in [-0.39, 0.29) is 18.2 Å². The Kier molecular flexibility index (Phi) is 5.82. The molecule has 0 spiro atoms. The lowest BCUT2D eigenvalue weighted by molar-refractivity contribution is -0.137. The molecular weight excluding hydrogens is 386 g/mol. The number of carboxylic acid groups (broad SMARTS) is 1. The third-order valence-corrected chi connectivity index (χ3v) is 5.35. The van der Waals surface area contributed by atoms with Crippen LogP contribution >= 0.6 is 23.6 Å². The number of hydrogen-bond acceptors (Lipinski definition) is 6. The number of carbonyl (C=O) groups excluding carboxylic acids is 1. The summed E-state index contributed by atoms with van der Waals surface area (Å²) >= 11 is 6.61. The molecule has 0 saturated carbocycles. The van der Waals surface area contributed by atoms with E-state index < -0.39 is 12.5 Å². The van der Waals surface area contributed by atoms with E-state index in [0.29, 0.717) is 21.8 Å². The molecule has 0 fully saturated rings. The van der Waals surface area contributed by atoms with Crippen molar-refractivity contribution < 1.29 is 19.8 Å². The Morgan fingerprint density at radius 3 is 2.89 bits per heavy atom. The van der Waals surface area contributed by atoms with Gasteiger partial charge in [-0.05, 0) is 30.8 Å². The Balaban J connectivity index is 1.68. The number of thiazole rings is 1. The molecule has 2 heterocycles. The molecule has 3 N–H and O–H groups in total. The first-order valence-corrected chi connectivity index (χ1v) is 9.44. The van der Waals surface area contributed by atoms with Gasteiger partial charge >= 0.3 is 5.97 Å². The number of allylic oxidation sites excluding steroid dienone is 1. The number of fused-ring (bicyclic) bond motifs is 1. The van der Waals surface area contributed by atoms with Crippen LogP contribution in [-0.4, -0.2) is 39.4 Å². The summed E-state index contributed by atoms with van der Waals surface area (Å²) in [6.45, 7) is -0.0295. The summed E-state index contributed by atoms with van der Waals surface area (Å²) in [5, 5.41) is 21.3. The van der Waals surface area contributed by atoms with E-state index in [0.717, 1.165) is 16.8 Å². The topological polar surface area (TPSA) is 104 Å². The number of carbonyl (C=O) groups is 2. The van der Waals surface area contributed by atoms with Crippen LogP contribution in [0, 0.1) is 3.95 Å². The Hall–Kier alpha value is -2.78. The van der Waals surface area contributed by atoms with Crippen LogP contribution in [0.5, 0.6) is 5.88 Å². The fourth-order valence-electron chi connectivity index (χ4n) is 2.66. The number of para-hydroxylation sites is 1. The van der Waals surface area contributed by atoms with Gasteiger partial charge in [-0.3, -0.25) is 19.1 Å². The largest absolute Gasteiger partial charge is 0.493 e. The van der Waals surface area contributed by atoms with Crippen LogP contribution in [0.2, 0.25) is 0 Å². The summed E-state index contributed by atoms with van der Waals surface area (Å²) in [6.07, 6.45) is 4.19. The van der Waals surface area contributed by atoms with Crippen LogP contribution in [0.1, 0.15) is 23.3 Å². The van der Waals surface area contributed by atoms with Gasteiger partial charge in [0.2, 0.25) is 11.8 Å². The molecule has 0 radical (unpaired) electrons. The number of rotatable bonds is 7. The van der Waals surface area contributed by atoms with Gasteiger partial charge in [0.05, 0.1) is 10.6 Å². The maximum absolute atomic E-state index is 11.6. The zero-order valence-corrected chi connectivity index (χ0v) is 15.8. The molecule has 9 heteroatoms. The summed E-state index contributed by atoms with van der Waals surface area (Å²) in [5.41, 5.74) is 2.79. The zero-order valence-electron chi connectivity index (χ0n) is 14.2. The number of nitrogens with one attached hydrogen (secondary N) is 1. The Bertz CT molecular complexity index is 1000. The fraction of sp³-hybridized carbons (Fsp3) is 0.222. The Labute approximate surface area is 164 Å². The molecule has 7 nitrogen and oxygen atoms in total. The molecule has 3 rings (SSSR count). The van der Waals surface area contributed by atoms with E-state index >= 15 is 0 Å². The van der Waals surface area contributed by atoms with E-state index in [9.17, 15) is 14.7 Å². The highest BCUT2D eigenvalue weighted by Gasteiger charge is 2.15. The lowest BCUT2D eigenvalue weighted by atomic mass is 10.1. The predicted octanol–water partition coefficient (Wildman–Crippen LogP) is 3.22. The average Bonchev–Trinajstić information content (AvgIpc) is 3.16. The van der Waals surface area contributed by atoms with E-state index in [2.05, 4.69) is 10.3 Å². The van der Waals surface area contributed by atoms with E-state index in [1.54, 1.807) is 10.8 Å². The van der Waals surface area contributed by atoms with Crippen molar-refractivity contribution >= 4 is 59.0 Å². The number of aliphatic carboxylic acids is 1. The summed E-state index contributed by atoms with van der Waals surface area (Å²) in [4.78, 5) is 27.0. The summed E-state index contributed by atoms with van der Waals surface area (Å²) in [5.74, 6) is -1.38. The predicted molar refractivity (Wildman–Crippen MR) is 107 cm³/mol. The normalized spacial score (nSPS) is 13.7. The first-order valence-electron chi connectivity index (χ1n) is 8.22. The van der Waals surface area contributed by atoms with E-state index in [1.165, 1.54) is 11.3 Å². The smallest absolute Gasteiger partial charge is 0.322 e. The highest BCUT2D eigenvalue weighted by Crippen LogP contribution is 2.35. The van der Waals surface area contributed by atoms with Crippen LogP contribution in [0.15, 0.2) is 29.3 Å². The van der Waals surface area contributed by atoms with Crippen molar-refractivity contribution in [3.05, 3.63) is 38.7 Å². The second-order valence-electron chi connectivity index (χ2n) is 5.86. The molecule has 1 aromatic heterocycles. The van der Waals surface area contributed by atoms with Crippen molar-refractivity contribution in [1.29, 1.82) is 0 Å². The number of aliphatic imine (C=N–C) groups is 1. The first kappa shape index (κ1) is 19.0. The van der Waals surface area contributed by atoms with Crippen molar-refractivity contribution in [3.63, 3.8) is 0 Å². The average molecular weight is 403 g/mol. The summed E-state index contributed by atoms with van der Waals surface area (Å²) < 4.78 is 2.09. The molecule has 1 aromatic carbocycles. The van der Waals surface area contributed by atoms with Gasteiger partial charge in [-0.2, -0.15) is 0 Å². The maximum atomic E-state index is 11.6. The number of aromatic hydroxyl groups is 1. The van der Waals surface area contributed by atoms with Crippen LogP contribution < -0.4 is 5.32 Å². The number of aromatic nitrogens is 1. The van der Waals surface area contributed by atoms with Crippen LogP contribution in [0.25, 0.3) is 11.6 Å². The second kappa shape index (κ2) is 8.28. The van der Waals surface area contributed by atoms with Gasteiger partial charge < -0.3 is 15.5 Å². The molecule has 1 amide bonds. The van der Waals surface area contributed by atoms with Gasteiger partial charge in [-0.25, -0.2) is 0 Å². The SMILES string of the molecule is O=C(O)CNC(=O)CCCn1c(O)c(/C=C2\C=Nc3ccccc32)sc1=S. The standard InChI is InChI=1S/C18H17N3O4S2/c22-15(20-10-16(23)24)6-3-7-21-17(25)14(27-18(21)26)8-11-9-19-13-5-2-1-4-12(11)13/h1-2,4-5,8-9,25H,3,6-7,10H2,(H,20,22)(H,23,24)/b11-8+. The van der Waals surface area contributed by atoms with Gasteiger partial charge in [0, 0.05) is 30.3 Å². The third-order valence-electron chi connectivity index (χ3n) is 3.96. The summed E-state index contributed by atoms with van der Waals surface area (Å²) in [6, 6.07) is 7.75. The third kappa shape index (κ3) is 4.50. The lowest BCUT2D eigenvalue weighted by Gasteiger charge is -2.05. The van der Waals surface area contributed by atoms with E-state index in [4.69, 9.17) is 17.3 Å². The molecule has 0 bridgehead atoms. The minimum atomic E-state index is -1.09. The number of carboxylic acids is 1. The minimum absolute atomic E-state index is 0.0567.